The number of thiocarbonyl (C=S) groups is 1. The third-order valence-corrected chi connectivity index (χ3v) is 5.47. The Balaban J connectivity index is 1.72. The molecule has 0 fully saturated rings. The van der Waals surface area contributed by atoms with E-state index < -0.39 is 0 Å². The fourth-order valence-corrected chi connectivity index (χ4v) is 3.82. The molecule has 1 heterocycles. The van der Waals surface area contributed by atoms with E-state index in [2.05, 4.69) is 5.32 Å². The third-order valence-electron chi connectivity index (χ3n) is 3.71. The Morgan fingerprint density at radius 2 is 2.04 bits per heavy atom. The molecule has 0 aromatic heterocycles. The molecule has 1 aliphatic heterocycles. The lowest BCUT2D eigenvalue weighted by atomic mass is 10.2. The molecule has 26 heavy (non-hydrogen) atoms. The quantitative estimate of drug-likeness (QED) is 0.418. The molecule has 134 valence electrons. The lowest BCUT2D eigenvalue weighted by Gasteiger charge is -2.09. The van der Waals surface area contributed by atoms with Crippen molar-refractivity contribution >= 4 is 52.4 Å². The number of rotatable bonds is 7. The van der Waals surface area contributed by atoms with Gasteiger partial charge in [-0.2, -0.15) is 0 Å². The number of hydrogen-bond acceptors (Lipinski definition) is 6. The van der Waals surface area contributed by atoms with Gasteiger partial charge < -0.3 is 14.8 Å². The van der Waals surface area contributed by atoms with Crippen molar-refractivity contribution in [2.24, 2.45) is 0 Å². The Morgan fingerprint density at radius 1 is 1.23 bits per heavy atom. The summed E-state index contributed by atoms with van der Waals surface area (Å²) >= 11 is 7.82. The molecule has 0 unspecified atom stereocenters. The summed E-state index contributed by atoms with van der Waals surface area (Å²) in [5, 5.41) is 2.94. The van der Waals surface area contributed by atoms with Crippen LogP contribution >= 0.6 is 35.7 Å². The maximum absolute atomic E-state index is 12.6. The lowest BCUT2D eigenvalue weighted by Crippen LogP contribution is -2.23. The first-order valence-electron chi connectivity index (χ1n) is 7.83. The van der Waals surface area contributed by atoms with E-state index in [1.807, 2.05) is 54.8 Å². The van der Waals surface area contributed by atoms with Crippen molar-refractivity contribution in [3.05, 3.63) is 58.5 Å². The van der Waals surface area contributed by atoms with Crippen LogP contribution in [0.2, 0.25) is 0 Å². The molecule has 0 aliphatic carbocycles. The van der Waals surface area contributed by atoms with E-state index in [0.717, 1.165) is 21.8 Å². The van der Waals surface area contributed by atoms with Crippen LogP contribution in [0.3, 0.4) is 0 Å². The lowest BCUT2D eigenvalue weighted by molar-refractivity contribution is -0.116. The Bertz CT molecular complexity index is 852. The van der Waals surface area contributed by atoms with Crippen molar-refractivity contribution < 1.29 is 14.3 Å². The number of carbonyl (C=O) groups excluding carboxylic acids is 1. The fraction of sp³-hybridized carbons (Fsp3) is 0.158. The molecule has 0 atom stereocenters. The van der Waals surface area contributed by atoms with Crippen LogP contribution in [0.4, 0.5) is 0 Å². The second-order valence-electron chi connectivity index (χ2n) is 5.33. The molecule has 4 nitrogen and oxygen atoms in total. The average molecular weight is 404 g/mol. The van der Waals surface area contributed by atoms with Gasteiger partial charge in [-0.25, -0.2) is 0 Å². The first-order valence-corrected chi connectivity index (χ1v) is 10.4. The minimum absolute atomic E-state index is 0.162. The molecule has 1 N–H and O–H groups in total. The summed E-state index contributed by atoms with van der Waals surface area (Å²) in [6.45, 7) is 0.632. The van der Waals surface area contributed by atoms with Crippen molar-refractivity contribution in [3.8, 4) is 11.5 Å². The maximum atomic E-state index is 12.6. The van der Waals surface area contributed by atoms with E-state index in [0.29, 0.717) is 17.2 Å². The van der Waals surface area contributed by atoms with Gasteiger partial charge in [0.05, 0.1) is 4.91 Å². The summed E-state index contributed by atoms with van der Waals surface area (Å²) in [5.74, 6) is 1.27. The van der Waals surface area contributed by atoms with Crippen molar-refractivity contribution in [2.45, 2.75) is 11.4 Å². The van der Waals surface area contributed by atoms with Crippen LogP contribution in [0.1, 0.15) is 11.1 Å². The van der Waals surface area contributed by atoms with Gasteiger partial charge in [0.1, 0.15) is 0 Å². The Morgan fingerprint density at radius 3 is 2.85 bits per heavy atom. The summed E-state index contributed by atoms with van der Waals surface area (Å²) in [6.07, 6.45) is 3.88. The van der Waals surface area contributed by atoms with Gasteiger partial charge in [-0.15, -0.1) is 11.8 Å². The predicted molar refractivity (Wildman–Crippen MR) is 112 cm³/mol. The molecule has 0 saturated carbocycles. The van der Waals surface area contributed by atoms with Crippen LogP contribution in [-0.4, -0.2) is 23.7 Å². The zero-order valence-electron chi connectivity index (χ0n) is 14.1. The van der Waals surface area contributed by atoms with Gasteiger partial charge in [0.15, 0.2) is 11.5 Å². The van der Waals surface area contributed by atoms with Gasteiger partial charge in [0.2, 0.25) is 6.79 Å². The summed E-state index contributed by atoms with van der Waals surface area (Å²) < 4.78 is 12.2. The van der Waals surface area contributed by atoms with Gasteiger partial charge in [0.25, 0.3) is 5.91 Å². The smallest absolute Gasteiger partial charge is 0.258 e. The zero-order valence-corrected chi connectivity index (χ0v) is 16.5. The number of carbonyl (C=O) groups is 1. The zero-order chi connectivity index (χ0) is 18.4. The number of ether oxygens (including phenoxy) is 2. The topological polar surface area (TPSA) is 47.6 Å². The molecule has 0 saturated heterocycles. The van der Waals surface area contributed by atoms with Crippen LogP contribution in [0.25, 0.3) is 6.08 Å². The summed E-state index contributed by atoms with van der Waals surface area (Å²) in [4.78, 5) is 14.3. The molecule has 0 spiro atoms. The summed E-state index contributed by atoms with van der Waals surface area (Å²) in [7, 11) is 0. The second-order valence-corrected chi connectivity index (χ2v) is 7.63. The van der Waals surface area contributed by atoms with Gasteiger partial charge in [-0.05, 0) is 41.7 Å². The molecule has 2 aromatic rings. The van der Waals surface area contributed by atoms with E-state index in [4.69, 9.17) is 21.7 Å². The molecule has 0 bridgehead atoms. The normalized spacial score (nSPS) is 12.7. The standard InChI is InChI=1S/C19H17NO3S3/c1-25-17-5-3-2-4-14(17)9-18(26-12-24)19(21)20-10-13-6-7-15-16(8-13)23-11-22-15/h2-9,12H,10-11H2,1H3,(H,20,21). The van der Waals surface area contributed by atoms with Gasteiger partial charge >= 0.3 is 0 Å². The van der Waals surface area contributed by atoms with E-state index in [-0.39, 0.29) is 12.7 Å². The molecule has 1 aliphatic rings. The predicted octanol–water partition coefficient (Wildman–Crippen LogP) is 4.48. The van der Waals surface area contributed by atoms with Gasteiger partial charge in [0, 0.05) is 16.1 Å². The molecular formula is C19H17NO3S3. The number of fused-ring (bicyclic) bond motifs is 1. The molecule has 3 rings (SSSR count). The highest BCUT2D eigenvalue weighted by Gasteiger charge is 2.14. The van der Waals surface area contributed by atoms with Crippen LogP contribution in [0.15, 0.2) is 52.3 Å². The fourth-order valence-electron chi connectivity index (χ4n) is 2.45. The molecule has 1 amide bonds. The Kier molecular flexibility index (Phi) is 6.60. The number of amides is 1. The van der Waals surface area contributed by atoms with E-state index in [9.17, 15) is 4.79 Å². The van der Waals surface area contributed by atoms with E-state index in [1.54, 1.807) is 11.8 Å². The highest BCUT2D eigenvalue weighted by Crippen LogP contribution is 2.32. The molecule has 2 aromatic carbocycles. The first kappa shape index (κ1) is 18.8. The van der Waals surface area contributed by atoms with Crippen LogP contribution in [0, 0.1) is 0 Å². The summed E-state index contributed by atoms with van der Waals surface area (Å²) in [5.41, 5.74) is 1.94. The third kappa shape index (κ3) is 4.60. The molecule has 7 heteroatoms. The van der Waals surface area contributed by atoms with Crippen LogP contribution in [-0.2, 0) is 11.3 Å². The van der Waals surface area contributed by atoms with Crippen LogP contribution in [0.5, 0.6) is 11.5 Å². The van der Waals surface area contributed by atoms with Crippen molar-refractivity contribution in [2.75, 3.05) is 13.0 Å². The highest BCUT2D eigenvalue weighted by molar-refractivity contribution is 8.24. The van der Waals surface area contributed by atoms with Crippen LogP contribution < -0.4 is 14.8 Å². The number of thioether (sulfide) groups is 2. The van der Waals surface area contributed by atoms with Gasteiger partial charge in [-0.3, -0.25) is 4.79 Å². The Hall–Kier alpha value is -1.96. The maximum Gasteiger partial charge on any atom is 0.258 e. The molecule has 0 radical (unpaired) electrons. The number of nitrogens with one attached hydrogen (secondary N) is 1. The average Bonchev–Trinajstić information content (AvgIpc) is 3.14. The minimum Gasteiger partial charge on any atom is -0.454 e. The van der Waals surface area contributed by atoms with E-state index in [1.165, 1.54) is 16.5 Å². The first-order chi connectivity index (χ1) is 12.7. The second kappa shape index (κ2) is 9.12. The number of benzene rings is 2. The van der Waals surface area contributed by atoms with Crippen molar-refractivity contribution in [1.29, 1.82) is 0 Å². The highest BCUT2D eigenvalue weighted by atomic mass is 32.2. The largest absolute Gasteiger partial charge is 0.454 e. The SMILES string of the molecule is CSc1ccccc1C=C(SC=S)C(=O)NCc1ccc2c(c1)OCO2. The number of hydrogen-bond donors (Lipinski definition) is 1. The van der Waals surface area contributed by atoms with E-state index >= 15 is 0 Å². The molecular weight excluding hydrogens is 386 g/mol. The minimum atomic E-state index is -0.162. The summed E-state index contributed by atoms with van der Waals surface area (Å²) in [6, 6.07) is 13.6. The monoisotopic (exact) mass is 403 g/mol. The Labute approximate surface area is 166 Å². The van der Waals surface area contributed by atoms with Crippen molar-refractivity contribution in [1.82, 2.24) is 5.32 Å². The van der Waals surface area contributed by atoms with Gasteiger partial charge in [-0.1, -0.05) is 48.2 Å². The van der Waals surface area contributed by atoms with Crippen molar-refractivity contribution in [3.63, 3.8) is 0 Å².